The lowest BCUT2D eigenvalue weighted by atomic mass is 9.69. The lowest BCUT2D eigenvalue weighted by Crippen LogP contribution is -2.26. The van der Waals surface area contributed by atoms with Crippen LogP contribution in [0.25, 0.3) is 55.5 Å². The van der Waals surface area contributed by atoms with Gasteiger partial charge in [0.15, 0.2) is 0 Å². The number of fused-ring (bicyclic) bond motifs is 12. The summed E-state index contributed by atoms with van der Waals surface area (Å²) in [6.07, 6.45) is 3.76. The van der Waals surface area contributed by atoms with Gasteiger partial charge in [0.1, 0.15) is 11.2 Å². The molecular weight excluding hydrogens is 677 g/mol. The lowest BCUT2D eigenvalue weighted by molar-refractivity contribution is 0.131. The molecular formula is C49H38N4O2. The van der Waals surface area contributed by atoms with E-state index < -0.39 is 5.41 Å². The molecule has 0 atom stereocenters. The second-order valence-electron chi connectivity index (χ2n) is 16.4. The molecule has 0 amide bonds. The highest BCUT2D eigenvalue weighted by atomic mass is 16.5. The Balaban J connectivity index is 1.06. The van der Waals surface area contributed by atoms with Crippen LogP contribution in [0.5, 0.6) is 0 Å². The molecule has 11 rings (SSSR count). The van der Waals surface area contributed by atoms with E-state index in [-0.39, 0.29) is 11.2 Å². The van der Waals surface area contributed by atoms with Gasteiger partial charge in [0.2, 0.25) is 11.8 Å². The van der Waals surface area contributed by atoms with Crippen LogP contribution >= 0.6 is 0 Å². The van der Waals surface area contributed by atoms with Crippen LogP contribution in [0.1, 0.15) is 61.1 Å². The average Bonchev–Trinajstić information content (AvgIpc) is 3.94. The molecule has 0 radical (unpaired) electrons. The summed E-state index contributed by atoms with van der Waals surface area (Å²) in [5, 5.41) is 2.42. The average molecular weight is 715 g/mol. The van der Waals surface area contributed by atoms with Gasteiger partial charge < -0.3 is 9.47 Å². The summed E-state index contributed by atoms with van der Waals surface area (Å²) in [6.45, 7) is 9.53. The third-order valence-electron chi connectivity index (χ3n) is 11.6. The highest BCUT2D eigenvalue weighted by molar-refractivity contribution is 6.05. The Bertz CT molecular complexity index is 2770. The van der Waals surface area contributed by atoms with E-state index in [1.807, 2.05) is 12.4 Å². The van der Waals surface area contributed by atoms with Crippen LogP contribution in [0.15, 0.2) is 144 Å². The number of nitrogens with zero attached hydrogens (tertiary/aromatic N) is 4. The molecule has 7 aromatic rings. The number of hydrogen-bond donors (Lipinski definition) is 0. The monoisotopic (exact) mass is 714 g/mol. The Labute approximate surface area is 320 Å². The van der Waals surface area contributed by atoms with Crippen molar-refractivity contribution in [1.82, 2.24) is 9.97 Å². The number of aromatic nitrogens is 2. The van der Waals surface area contributed by atoms with Gasteiger partial charge in [-0.05, 0) is 119 Å². The number of rotatable bonds is 4. The predicted octanol–water partition coefficient (Wildman–Crippen LogP) is 10.4. The second kappa shape index (κ2) is 11.3. The van der Waals surface area contributed by atoms with Crippen LogP contribution < -0.4 is 0 Å². The maximum atomic E-state index is 6.10. The molecule has 2 aliphatic carbocycles. The quantitative estimate of drug-likeness (QED) is 0.182. The number of aliphatic imine (C=N–C) groups is 2. The van der Waals surface area contributed by atoms with E-state index in [1.165, 1.54) is 55.3 Å². The van der Waals surface area contributed by atoms with Gasteiger partial charge >= 0.3 is 0 Å². The molecule has 6 nitrogen and oxygen atoms in total. The van der Waals surface area contributed by atoms with Gasteiger partial charge in [-0.2, -0.15) is 0 Å². The van der Waals surface area contributed by atoms with Crippen molar-refractivity contribution < 1.29 is 9.47 Å². The third-order valence-corrected chi connectivity index (χ3v) is 11.6. The van der Waals surface area contributed by atoms with Crippen molar-refractivity contribution in [2.75, 3.05) is 13.1 Å². The molecule has 5 aromatic carbocycles. The van der Waals surface area contributed by atoms with E-state index in [1.54, 1.807) is 0 Å². The molecule has 2 aromatic heterocycles. The molecule has 0 unspecified atom stereocenters. The molecule has 266 valence electrons. The van der Waals surface area contributed by atoms with Gasteiger partial charge in [0.25, 0.3) is 0 Å². The summed E-state index contributed by atoms with van der Waals surface area (Å²) in [7, 11) is 0. The maximum absolute atomic E-state index is 6.10. The van der Waals surface area contributed by atoms with Crippen LogP contribution in [0.2, 0.25) is 0 Å². The van der Waals surface area contributed by atoms with Gasteiger partial charge in [0.05, 0.1) is 41.0 Å². The van der Waals surface area contributed by atoms with Crippen LogP contribution in [0, 0.1) is 0 Å². The van der Waals surface area contributed by atoms with Crippen LogP contribution in [-0.4, -0.2) is 46.1 Å². The summed E-state index contributed by atoms with van der Waals surface area (Å²) < 4.78 is 12.2. The van der Waals surface area contributed by atoms with Crippen LogP contribution in [0.4, 0.5) is 0 Å². The van der Waals surface area contributed by atoms with E-state index in [9.17, 15) is 0 Å². The van der Waals surface area contributed by atoms with Gasteiger partial charge in [0, 0.05) is 23.5 Å². The lowest BCUT2D eigenvalue weighted by Gasteiger charge is -2.31. The van der Waals surface area contributed by atoms with E-state index in [0.717, 1.165) is 33.6 Å². The standard InChI is InChI=1S/C49H38N4O2/c1-47(2)27-52-45(54-47)32-16-21-42(50-25-32)30-14-18-34-29(23-30)13-20-38-37-19-15-31(43-22-17-33(26-51-43)46-53-28-48(3,4)55-46)24-41(37)49(44(34)38)39-11-7-5-9-35(39)36-10-6-8-12-40(36)49/h5-26H,27-28H2,1-4H3. The smallest absolute Gasteiger partial charge is 0.218 e. The van der Waals surface area contributed by atoms with Crippen molar-refractivity contribution in [2.45, 2.75) is 44.3 Å². The molecule has 2 aliphatic heterocycles. The molecule has 6 heteroatoms. The Morgan fingerprint density at radius 1 is 0.473 bits per heavy atom. The first-order chi connectivity index (χ1) is 26.7. The first kappa shape index (κ1) is 32.1. The van der Waals surface area contributed by atoms with Crippen molar-refractivity contribution in [3.05, 3.63) is 167 Å². The summed E-state index contributed by atoms with van der Waals surface area (Å²) in [4.78, 5) is 19.1. The van der Waals surface area contributed by atoms with Crippen molar-refractivity contribution >= 4 is 22.6 Å². The normalized spacial score (nSPS) is 17.5. The summed E-state index contributed by atoms with van der Waals surface area (Å²) in [6, 6.07) is 44.5. The molecule has 0 bridgehead atoms. The van der Waals surface area contributed by atoms with Gasteiger partial charge in [-0.25, -0.2) is 9.98 Å². The molecule has 0 saturated carbocycles. The van der Waals surface area contributed by atoms with Gasteiger partial charge in [-0.1, -0.05) is 84.9 Å². The second-order valence-corrected chi connectivity index (χ2v) is 16.4. The summed E-state index contributed by atoms with van der Waals surface area (Å²) >= 11 is 0. The minimum absolute atomic E-state index is 0.285. The zero-order valence-corrected chi connectivity index (χ0v) is 31.2. The zero-order valence-electron chi connectivity index (χ0n) is 31.2. The molecule has 0 saturated heterocycles. The first-order valence-electron chi connectivity index (χ1n) is 19.0. The Morgan fingerprint density at radius 2 is 0.982 bits per heavy atom. The van der Waals surface area contributed by atoms with Crippen molar-refractivity contribution in [3.8, 4) is 44.8 Å². The van der Waals surface area contributed by atoms with Crippen LogP contribution in [-0.2, 0) is 14.9 Å². The number of hydrogen-bond acceptors (Lipinski definition) is 6. The molecule has 4 heterocycles. The minimum atomic E-state index is -0.511. The van der Waals surface area contributed by atoms with Crippen molar-refractivity contribution in [2.24, 2.45) is 9.98 Å². The molecule has 0 fully saturated rings. The number of benzene rings is 5. The third kappa shape index (κ3) is 4.73. The molecule has 1 spiro atoms. The predicted molar refractivity (Wildman–Crippen MR) is 220 cm³/mol. The Morgan fingerprint density at radius 3 is 1.53 bits per heavy atom. The van der Waals surface area contributed by atoms with Gasteiger partial charge in [-0.3, -0.25) is 9.97 Å². The topological polar surface area (TPSA) is 69.0 Å². The highest BCUT2D eigenvalue weighted by Gasteiger charge is 2.52. The van der Waals surface area contributed by atoms with E-state index in [4.69, 9.17) is 19.4 Å². The van der Waals surface area contributed by atoms with E-state index >= 15 is 0 Å². The molecule has 55 heavy (non-hydrogen) atoms. The Kier molecular flexibility index (Phi) is 6.59. The number of ether oxygens (including phenoxy) is 2. The largest absolute Gasteiger partial charge is 0.469 e. The maximum Gasteiger partial charge on any atom is 0.218 e. The van der Waals surface area contributed by atoms with E-state index in [0.29, 0.717) is 24.9 Å². The van der Waals surface area contributed by atoms with Crippen LogP contribution in [0.3, 0.4) is 0 Å². The van der Waals surface area contributed by atoms with E-state index in [2.05, 4.69) is 159 Å². The zero-order chi connectivity index (χ0) is 37.1. The van der Waals surface area contributed by atoms with Crippen molar-refractivity contribution in [3.63, 3.8) is 0 Å². The first-order valence-corrected chi connectivity index (χ1v) is 19.0. The molecule has 0 N–H and O–H groups in total. The molecule has 4 aliphatic rings. The summed E-state index contributed by atoms with van der Waals surface area (Å²) in [5.41, 5.74) is 15.0. The summed E-state index contributed by atoms with van der Waals surface area (Å²) in [5.74, 6) is 1.32. The highest BCUT2D eigenvalue weighted by Crippen LogP contribution is 2.64. The Hall–Kier alpha value is -6.40. The fraction of sp³-hybridized carbons (Fsp3) is 0.184. The number of pyridine rings is 2. The SMILES string of the molecule is CC1(C)CN=C(c2ccc(-c3ccc4c(c3)C3(c5ccccc5-c5ccccc53)c3c-4ccc4cc(-c5ccc(C6=NCC(C)(C)O6)cn5)ccc34)nc2)O1. The fourth-order valence-electron chi connectivity index (χ4n) is 9.16. The van der Waals surface area contributed by atoms with Gasteiger partial charge in [-0.15, -0.1) is 0 Å². The minimum Gasteiger partial charge on any atom is -0.469 e. The van der Waals surface area contributed by atoms with Crippen molar-refractivity contribution in [1.29, 1.82) is 0 Å². The fourth-order valence-corrected chi connectivity index (χ4v) is 9.16.